The number of rotatable bonds is 33. The molecule has 6 aromatic carbocycles. The van der Waals surface area contributed by atoms with E-state index >= 15 is 0 Å². The topological polar surface area (TPSA) is 398 Å². The van der Waals surface area contributed by atoms with Crippen molar-refractivity contribution in [3.05, 3.63) is 323 Å². The highest BCUT2D eigenvalue weighted by molar-refractivity contribution is 8.13. The lowest BCUT2D eigenvalue weighted by atomic mass is 9.92. The summed E-state index contributed by atoms with van der Waals surface area (Å²) in [6.45, 7) is 19.5. The number of aliphatic carboxylic acids is 1. The molecule has 4 saturated heterocycles. The van der Waals surface area contributed by atoms with Gasteiger partial charge in [0.2, 0.25) is 27.7 Å². The first-order chi connectivity index (χ1) is 68.6. The van der Waals surface area contributed by atoms with E-state index in [2.05, 4.69) is 61.0 Å². The Morgan fingerprint density at radius 1 is 0.400 bits per heavy atom. The Labute approximate surface area is 852 Å². The molecule has 4 aromatic heterocycles. The molecule has 4 aliphatic rings. The predicted molar refractivity (Wildman–Crippen MR) is 548 cm³/mol. The first-order valence-electron chi connectivity index (χ1n) is 48.0. The Kier molecular flexibility index (Phi) is 48.9. The monoisotopic (exact) mass is 2070 g/mol. The lowest BCUT2D eigenvalue weighted by Gasteiger charge is -2.32. The number of ether oxygens (including phenoxy) is 2. The zero-order valence-corrected chi connectivity index (χ0v) is 84.4. The van der Waals surface area contributed by atoms with Crippen LogP contribution < -0.4 is 42.8 Å². The van der Waals surface area contributed by atoms with Gasteiger partial charge in [0, 0.05) is 180 Å². The minimum Gasteiger partial charge on any atom is -0.480 e. The van der Waals surface area contributed by atoms with Crippen molar-refractivity contribution >= 4 is 65.6 Å². The van der Waals surface area contributed by atoms with E-state index in [1.807, 2.05) is 118 Å². The molecule has 8 heterocycles. The number of nitrogens with zero attached hydrogens (tertiary/aromatic N) is 8. The summed E-state index contributed by atoms with van der Waals surface area (Å²) in [4.78, 5) is 95.6. The second kappa shape index (κ2) is 60.1. The Morgan fingerprint density at radius 2 is 0.676 bits per heavy atom. The maximum absolute atomic E-state index is 13.9. The Morgan fingerprint density at radius 3 is 0.945 bits per heavy atom. The van der Waals surface area contributed by atoms with Crippen molar-refractivity contribution in [2.75, 3.05) is 105 Å². The quantitative estimate of drug-likeness (QED) is 0.0136. The number of carboxylic acid groups (broad SMARTS) is 1. The van der Waals surface area contributed by atoms with Crippen LogP contribution in [0, 0.1) is 34.9 Å². The summed E-state index contributed by atoms with van der Waals surface area (Å²) in [6.07, 6.45) is 22.2. The molecule has 14 rings (SSSR count). The van der Waals surface area contributed by atoms with Crippen molar-refractivity contribution in [1.82, 2.24) is 70.8 Å². The number of aromatic nitrogens is 4. The molecule has 11 N–H and O–H groups in total. The zero-order chi connectivity index (χ0) is 104. The number of hydrogen-bond donors (Lipinski definition) is 9. The van der Waals surface area contributed by atoms with Crippen LogP contribution in [-0.4, -0.2) is 237 Å². The summed E-state index contributed by atoms with van der Waals surface area (Å²) >= 11 is 0. The molecular formula is C107H137ClF6N16O13S2. The average molecular weight is 2070 g/mol. The number of carbonyl (C=O) groups excluding carboxylic acids is 5. The van der Waals surface area contributed by atoms with Crippen molar-refractivity contribution in [3.63, 3.8) is 0 Å². The van der Waals surface area contributed by atoms with Crippen LogP contribution in [0.4, 0.5) is 35.9 Å². The first kappa shape index (κ1) is 118. The van der Waals surface area contributed by atoms with Crippen molar-refractivity contribution in [2.45, 2.75) is 195 Å². The van der Waals surface area contributed by atoms with Gasteiger partial charge in [-0.3, -0.25) is 58.7 Å². The number of nitrogens with one attached hydrogen (secondary N) is 6. The third-order valence-electron chi connectivity index (χ3n) is 24.0. The van der Waals surface area contributed by atoms with E-state index in [1.54, 1.807) is 79.5 Å². The van der Waals surface area contributed by atoms with Gasteiger partial charge in [0.1, 0.15) is 55.9 Å². The Balaban J connectivity index is 0.000000220. The van der Waals surface area contributed by atoms with Gasteiger partial charge in [0.15, 0.2) is 0 Å². The number of benzene rings is 6. The number of amides is 5. The van der Waals surface area contributed by atoms with Gasteiger partial charge >= 0.3 is 18.2 Å². The van der Waals surface area contributed by atoms with E-state index in [1.165, 1.54) is 78.9 Å². The second-order valence-electron chi connectivity index (χ2n) is 37.8. The lowest BCUT2D eigenvalue weighted by molar-refractivity contribution is -0.138. The number of hydrogen-bond acceptors (Lipinski definition) is 22. The van der Waals surface area contributed by atoms with Gasteiger partial charge in [-0.1, -0.05) is 104 Å². The van der Waals surface area contributed by atoms with Gasteiger partial charge in [-0.05, 0) is 267 Å². The molecule has 38 heteroatoms. The summed E-state index contributed by atoms with van der Waals surface area (Å²) in [7, 11) is -3.00. The van der Waals surface area contributed by atoms with Crippen LogP contribution in [0.3, 0.4) is 0 Å². The smallest absolute Gasteiger partial charge is 0.407 e. The third-order valence-corrected chi connectivity index (χ3v) is 26.9. The molecule has 0 aliphatic carbocycles. The molecule has 0 radical (unpaired) electrons. The minimum atomic E-state index is -3.95. The average Bonchev–Trinajstić information content (AvgIpc) is 0.815. The highest BCUT2D eigenvalue weighted by Crippen LogP contribution is 2.28. The maximum Gasteiger partial charge on any atom is 0.407 e. The largest absolute Gasteiger partial charge is 0.480 e. The molecular weight excluding hydrogens is 1930 g/mol. The second-order valence-corrected chi connectivity index (χ2v) is 42.0. The molecule has 4 fully saturated rings. The number of halogens is 7. The van der Waals surface area contributed by atoms with Gasteiger partial charge in [-0.15, -0.1) is 0 Å². The highest BCUT2D eigenvalue weighted by atomic mass is 35.7. The minimum absolute atomic E-state index is 0. The number of carboxylic acids is 1. The van der Waals surface area contributed by atoms with E-state index in [9.17, 15) is 71.9 Å². The van der Waals surface area contributed by atoms with E-state index in [0.29, 0.717) is 91.1 Å². The maximum atomic E-state index is 13.9. The van der Waals surface area contributed by atoms with Crippen molar-refractivity contribution < 1.29 is 86.5 Å². The lowest BCUT2D eigenvalue weighted by Crippen LogP contribution is -2.48. The van der Waals surface area contributed by atoms with Crippen LogP contribution in [0.15, 0.2) is 253 Å². The fourth-order valence-electron chi connectivity index (χ4n) is 16.4. The molecule has 29 nitrogen and oxygen atoms in total. The molecule has 4 aliphatic heterocycles. The van der Waals surface area contributed by atoms with E-state index in [-0.39, 0.29) is 114 Å². The summed E-state index contributed by atoms with van der Waals surface area (Å²) in [5, 5.41) is 23.5. The van der Waals surface area contributed by atoms with Gasteiger partial charge in [0.25, 0.3) is 9.05 Å². The number of piperidine rings is 4. The standard InChI is InChI=1S/C27H30F2N4O3S.C26H35FN4O3.C21H27FN4O.C14H15FN2.C12H22N2O4.C6H4ClFO2S.CH4/c28-23-9-7-21(8-10-23)22(16-20-4-3-13-30-17-20)18-31-27(34)19-33-14-11-24(12-15-33)32-37(35,36)26-6-2-1-5-25(26)29;1-26(2,3)34-25(33)30-23-10-13-31(14-11-23)18-24(32)29-17-21(15-19-5-4-12-28-16-19)20-6-8-22(27)9-7-20;22-19-5-3-17(4-6-19)18(12-16-2-1-9-24-13-16)14-25-21(27)15-26-10-7-20(23)8-11-26;15-14-5-3-12(4-6-14)13(9-16)8-11-2-1-7-17-10-11;1-12(2,3)18-11(17)13-9-4-6-14(7-5-9)8-10(15)16;7-11(9,10)6-4-2-1-3-5(6)8;/h1-10,13,17,22,24,32H,11-12,14-16,18-19H2,(H,31,34);4-9,12,16,21,23H,10-11,13-15,17-18H2,1-3H3,(H,29,32)(H,30,33);1-6,9,13,18,20H,7-8,10-12,14-15,23H2,(H,25,27);1-7,10,13H,8-9,16H2;9H,4-8H2,1-3H3,(H,13,17)(H,15,16);1-4H;1H4. The number of nitrogens with two attached hydrogens (primary N) is 2. The predicted octanol–water partition coefficient (Wildman–Crippen LogP) is 14.9. The molecule has 145 heavy (non-hydrogen) atoms. The van der Waals surface area contributed by atoms with Crippen LogP contribution in [0.1, 0.15) is 169 Å². The fourth-order valence-corrected chi connectivity index (χ4v) is 18.7. The van der Waals surface area contributed by atoms with Crippen molar-refractivity contribution in [2.24, 2.45) is 11.5 Å². The number of pyridine rings is 4. The molecule has 784 valence electrons. The third kappa shape index (κ3) is 45.2. The van der Waals surface area contributed by atoms with Gasteiger partial charge < -0.3 is 52.6 Å². The normalized spacial score (nSPS) is 15.5. The molecule has 5 amide bonds. The zero-order valence-electron chi connectivity index (χ0n) is 82.1. The van der Waals surface area contributed by atoms with Crippen LogP contribution in [0.2, 0.25) is 0 Å². The van der Waals surface area contributed by atoms with Gasteiger partial charge in [0.05, 0.1) is 26.2 Å². The van der Waals surface area contributed by atoms with Crippen LogP contribution in [0.5, 0.6) is 0 Å². The van der Waals surface area contributed by atoms with Crippen molar-refractivity contribution in [3.8, 4) is 0 Å². The molecule has 4 unspecified atom stereocenters. The molecule has 0 bridgehead atoms. The highest BCUT2D eigenvalue weighted by Gasteiger charge is 2.32. The number of carbonyl (C=O) groups is 6. The fraction of sp³-hybridized carbons (Fsp3) is 0.421. The Bertz CT molecular complexity index is 5810. The number of alkyl carbamates (subject to hydrolysis) is 2. The summed E-state index contributed by atoms with van der Waals surface area (Å²) in [5.74, 6) is -3.42. The Hall–Kier alpha value is -12.2. The molecule has 0 spiro atoms. The van der Waals surface area contributed by atoms with Gasteiger partial charge in [-0.2, -0.15) is 0 Å². The molecule has 10 aromatic rings. The summed E-state index contributed by atoms with van der Waals surface area (Å²) < 4.78 is 139. The van der Waals surface area contributed by atoms with E-state index in [0.717, 1.165) is 140 Å². The molecule has 4 atom stereocenters. The van der Waals surface area contributed by atoms with Gasteiger partial charge in [-0.25, -0.2) is 57.5 Å². The number of sulfonamides is 1. The molecule has 0 saturated carbocycles. The van der Waals surface area contributed by atoms with Crippen LogP contribution in [-0.2, 0) is 73.4 Å². The summed E-state index contributed by atoms with van der Waals surface area (Å²) in [6, 6.07) is 51.6. The summed E-state index contributed by atoms with van der Waals surface area (Å²) in [5.41, 5.74) is 19.0. The van der Waals surface area contributed by atoms with Crippen LogP contribution >= 0.6 is 10.7 Å². The van der Waals surface area contributed by atoms with Crippen molar-refractivity contribution in [1.29, 1.82) is 0 Å². The SMILES string of the molecule is C.CC(C)(C)OC(=O)NC1CCN(CC(=O)NCC(Cc2cccnc2)c2ccc(F)cc2)CC1.CC(C)(C)OC(=O)NC1CCN(CC(=O)O)CC1.NC1CCN(CC(=O)NCC(Cc2cccnc2)c2ccc(F)cc2)CC1.NCC(Cc1cccnc1)c1ccc(F)cc1.O=C(CN1CCC(NS(=O)(=O)c2ccccc2F)CC1)NCC(Cc1cccnc1)c1ccc(F)cc1.O=S(=O)(Cl)c1ccccc1F. The number of likely N-dealkylation sites (tertiary alicyclic amines) is 4. The first-order valence-corrected chi connectivity index (χ1v) is 51.8. The van der Waals surface area contributed by atoms with E-state index in [4.69, 9.17) is 36.7 Å². The van der Waals surface area contributed by atoms with Crippen LogP contribution in [0.25, 0.3) is 0 Å². The van der Waals surface area contributed by atoms with E-state index < -0.39 is 65.0 Å².